The number of carbonyl (C=O) groups is 1. The Bertz CT molecular complexity index is 447. The van der Waals surface area contributed by atoms with Gasteiger partial charge in [0.15, 0.2) is 0 Å². The molecule has 2 atom stereocenters. The van der Waals surface area contributed by atoms with E-state index in [1.807, 2.05) is 24.3 Å². The van der Waals surface area contributed by atoms with Crippen LogP contribution >= 0.6 is 0 Å². The zero-order chi connectivity index (χ0) is 14.5. The van der Waals surface area contributed by atoms with Gasteiger partial charge in [-0.1, -0.05) is 6.92 Å². The lowest BCUT2D eigenvalue weighted by Gasteiger charge is -2.24. The summed E-state index contributed by atoms with van der Waals surface area (Å²) >= 11 is 0. The van der Waals surface area contributed by atoms with E-state index in [0.29, 0.717) is 25.0 Å². The fourth-order valence-corrected chi connectivity index (χ4v) is 2.72. The number of carbonyl (C=O) groups excluding carboxylic acids is 1. The molecule has 5 heteroatoms. The van der Waals surface area contributed by atoms with Crippen LogP contribution in [0.1, 0.15) is 13.3 Å². The molecule has 1 aromatic carbocycles. The smallest absolute Gasteiger partial charge is 0.238 e. The standard InChI is InChI=1S/C15H23N3O2/c1-11-7-8-18(14(11)9-16)10-15(19)17-12-3-5-13(20-2)6-4-12/h3-6,11,14H,7-10,16H2,1-2H3,(H,17,19). The molecular formula is C15H23N3O2. The van der Waals surface area contributed by atoms with Crippen LogP contribution in [0, 0.1) is 5.92 Å². The third-order valence-electron chi connectivity index (χ3n) is 3.96. The van der Waals surface area contributed by atoms with E-state index in [4.69, 9.17) is 10.5 Å². The molecule has 5 nitrogen and oxygen atoms in total. The molecule has 2 rings (SSSR count). The first kappa shape index (κ1) is 14.8. The molecule has 0 bridgehead atoms. The zero-order valence-corrected chi connectivity index (χ0v) is 12.1. The van der Waals surface area contributed by atoms with Crippen LogP contribution in [0.5, 0.6) is 5.75 Å². The molecule has 0 radical (unpaired) electrons. The van der Waals surface area contributed by atoms with Crippen LogP contribution < -0.4 is 15.8 Å². The van der Waals surface area contributed by atoms with Gasteiger partial charge in [0.05, 0.1) is 13.7 Å². The summed E-state index contributed by atoms with van der Waals surface area (Å²) in [5.41, 5.74) is 6.57. The maximum Gasteiger partial charge on any atom is 0.238 e. The van der Waals surface area contributed by atoms with E-state index in [0.717, 1.165) is 24.4 Å². The van der Waals surface area contributed by atoms with Crippen molar-refractivity contribution in [2.45, 2.75) is 19.4 Å². The van der Waals surface area contributed by atoms with Gasteiger partial charge in [0, 0.05) is 18.3 Å². The number of nitrogens with two attached hydrogens (primary N) is 1. The Morgan fingerprint density at radius 3 is 2.75 bits per heavy atom. The average Bonchev–Trinajstić information content (AvgIpc) is 2.79. The summed E-state index contributed by atoms with van der Waals surface area (Å²) in [6, 6.07) is 7.65. The molecule has 0 saturated carbocycles. The molecular weight excluding hydrogens is 254 g/mol. The lowest BCUT2D eigenvalue weighted by molar-refractivity contribution is -0.117. The van der Waals surface area contributed by atoms with Crippen LogP contribution in [-0.4, -0.2) is 43.6 Å². The first-order valence-electron chi connectivity index (χ1n) is 7.02. The minimum atomic E-state index is 0.00252. The minimum absolute atomic E-state index is 0.00252. The Labute approximate surface area is 120 Å². The van der Waals surface area contributed by atoms with Crippen molar-refractivity contribution >= 4 is 11.6 Å². The summed E-state index contributed by atoms with van der Waals surface area (Å²) in [5.74, 6) is 1.34. The fraction of sp³-hybridized carbons (Fsp3) is 0.533. The summed E-state index contributed by atoms with van der Waals surface area (Å²) in [6.07, 6.45) is 1.11. The van der Waals surface area contributed by atoms with Crippen LogP contribution in [0.2, 0.25) is 0 Å². The molecule has 20 heavy (non-hydrogen) atoms. The van der Waals surface area contributed by atoms with Gasteiger partial charge in [0.1, 0.15) is 5.75 Å². The van der Waals surface area contributed by atoms with E-state index in [-0.39, 0.29) is 5.91 Å². The molecule has 1 saturated heterocycles. The lowest BCUT2D eigenvalue weighted by atomic mass is 10.0. The summed E-state index contributed by atoms with van der Waals surface area (Å²) in [6.45, 7) is 4.15. The number of likely N-dealkylation sites (tertiary alicyclic amines) is 1. The second-order valence-corrected chi connectivity index (χ2v) is 5.32. The van der Waals surface area contributed by atoms with Gasteiger partial charge < -0.3 is 15.8 Å². The summed E-state index contributed by atoms with van der Waals surface area (Å²) < 4.78 is 5.09. The van der Waals surface area contributed by atoms with Gasteiger partial charge in [-0.15, -0.1) is 0 Å². The Hall–Kier alpha value is -1.59. The molecule has 2 unspecified atom stereocenters. The SMILES string of the molecule is COc1ccc(NC(=O)CN2CCC(C)C2CN)cc1. The molecule has 1 amide bonds. The van der Waals surface area contributed by atoms with Gasteiger partial charge in [0.2, 0.25) is 5.91 Å². The number of hydrogen-bond donors (Lipinski definition) is 2. The monoisotopic (exact) mass is 277 g/mol. The molecule has 1 aromatic rings. The number of anilines is 1. The molecule has 0 spiro atoms. The van der Waals surface area contributed by atoms with E-state index in [9.17, 15) is 4.79 Å². The van der Waals surface area contributed by atoms with E-state index in [1.165, 1.54) is 0 Å². The maximum atomic E-state index is 12.1. The van der Waals surface area contributed by atoms with Gasteiger partial charge in [0.25, 0.3) is 0 Å². The number of nitrogens with zero attached hydrogens (tertiary/aromatic N) is 1. The van der Waals surface area contributed by atoms with Crippen LogP contribution in [-0.2, 0) is 4.79 Å². The van der Waals surface area contributed by atoms with Crippen molar-refractivity contribution in [3.8, 4) is 5.75 Å². The number of amides is 1. The van der Waals surface area contributed by atoms with Crippen molar-refractivity contribution in [1.82, 2.24) is 4.90 Å². The van der Waals surface area contributed by atoms with Gasteiger partial charge in [-0.3, -0.25) is 9.69 Å². The zero-order valence-electron chi connectivity index (χ0n) is 12.1. The molecule has 3 N–H and O–H groups in total. The minimum Gasteiger partial charge on any atom is -0.497 e. The van der Waals surface area contributed by atoms with Crippen molar-refractivity contribution in [2.75, 3.05) is 32.1 Å². The highest BCUT2D eigenvalue weighted by atomic mass is 16.5. The van der Waals surface area contributed by atoms with E-state index in [1.54, 1.807) is 7.11 Å². The molecule has 0 aromatic heterocycles. The Morgan fingerprint density at radius 2 is 2.15 bits per heavy atom. The number of nitrogens with one attached hydrogen (secondary N) is 1. The number of methoxy groups -OCH3 is 1. The van der Waals surface area contributed by atoms with Gasteiger partial charge >= 0.3 is 0 Å². The van der Waals surface area contributed by atoms with Crippen LogP contribution in [0.4, 0.5) is 5.69 Å². The highest BCUT2D eigenvalue weighted by Gasteiger charge is 2.30. The summed E-state index contributed by atoms with van der Waals surface area (Å²) in [4.78, 5) is 14.2. The van der Waals surface area contributed by atoms with Crippen molar-refractivity contribution in [3.05, 3.63) is 24.3 Å². The van der Waals surface area contributed by atoms with E-state index in [2.05, 4.69) is 17.1 Å². The van der Waals surface area contributed by atoms with Crippen LogP contribution in [0.25, 0.3) is 0 Å². The predicted octanol–water partition coefficient (Wildman–Crippen LogP) is 1.30. The van der Waals surface area contributed by atoms with Crippen LogP contribution in [0.3, 0.4) is 0 Å². The Morgan fingerprint density at radius 1 is 1.45 bits per heavy atom. The van der Waals surface area contributed by atoms with Gasteiger partial charge in [-0.05, 0) is 43.1 Å². The van der Waals surface area contributed by atoms with E-state index >= 15 is 0 Å². The molecule has 1 aliphatic rings. The van der Waals surface area contributed by atoms with Crippen molar-refractivity contribution in [2.24, 2.45) is 11.7 Å². The third kappa shape index (κ3) is 3.49. The number of ether oxygens (including phenoxy) is 1. The average molecular weight is 277 g/mol. The topological polar surface area (TPSA) is 67.6 Å². The maximum absolute atomic E-state index is 12.1. The second-order valence-electron chi connectivity index (χ2n) is 5.32. The number of hydrogen-bond acceptors (Lipinski definition) is 4. The first-order chi connectivity index (χ1) is 9.63. The van der Waals surface area contributed by atoms with Crippen molar-refractivity contribution in [1.29, 1.82) is 0 Å². The normalized spacial score (nSPS) is 22.8. The largest absolute Gasteiger partial charge is 0.497 e. The van der Waals surface area contributed by atoms with Gasteiger partial charge in [-0.2, -0.15) is 0 Å². The Kier molecular flexibility index (Phi) is 4.98. The highest BCUT2D eigenvalue weighted by molar-refractivity contribution is 5.92. The van der Waals surface area contributed by atoms with Crippen molar-refractivity contribution < 1.29 is 9.53 Å². The highest BCUT2D eigenvalue weighted by Crippen LogP contribution is 2.22. The third-order valence-corrected chi connectivity index (χ3v) is 3.96. The first-order valence-corrected chi connectivity index (χ1v) is 7.02. The molecule has 1 fully saturated rings. The molecule has 1 aliphatic heterocycles. The lowest BCUT2D eigenvalue weighted by Crippen LogP contribution is -2.42. The van der Waals surface area contributed by atoms with Crippen molar-refractivity contribution in [3.63, 3.8) is 0 Å². The molecule has 1 heterocycles. The van der Waals surface area contributed by atoms with E-state index < -0.39 is 0 Å². The predicted molar refractivity (Wildman–Crippen MR) is 79.8 cm³/mol. The van der Waals surface area contributed by atoms with Crippen LogP contribution in [0.15, 0.2) is 24.3 Å². The molecule has 0 aliphatic carbocycles. The van der Waals surface area contributed by atoms with Gasteiger partial charge in [-0.25, -0.2) is 0 Å². The Balaban J connectivity index is 1.88. The number of rotatable bonds is 5. The second kappa shape index (κ2) is 6.72. The fourth-order valence-electron chi connectivity index (χ4n) is 2.72. The summed E-state index contributed by atoms with van der Waals surface area (Å²) in [7, 11) is 1.62. The quantitative estimate of drug-likeness (QED) is 0.851. The summed E-state index contributed by atoms with van der Waals surface area (Å²) in [5, 5.41) is 2.90. The number of benzene rings is 1. The molecule has 110 valence electrons.